The highest BCUT2D eigenvalue weighted by molar-refractivity contribution is 7.80. The van der Waals surface area contributed by atoms with E-state index in [1.54, 1.807) is 22.9 Å². The van der Waals surface area contributed by atoms with Gasteiger partial charge in [-0.05, 0) is 18.2 Å². The molecule has 1 aromatic carbocycles. The average molecular weight is 267 g/mol. The van der Waals surface area contributed by atoms with Gasteiger partial charge in [0, 0.05) is 29.9 Å². The second-order valence-corrected chi connectivity index (χ2v) is 4.43. The molecule has 0 aliphatic heterocycles. The lowest BCUT2D eigenvalue weighted by Gasteiger charge is -2.09. The van der Waals surface area contributed by atoms with E-state index in [0.717, 1.165) is 11.3 Å². The van der Waals surface area contributed by atoms with Crippen molar-refractivity contribution in [2.75, 3.05) is 5.32 Å². The number of halogens is 1. The van der Waals surface area contributed by atoms with Crippen molar-refractivity contribution >= 4 is 40.3 Å². The molecule has 0 bridgehead atoms. The summed E-state index contributed by atoms with van der Waals surface area (Å²) < 4.78 is 1.70. The van der Waals surface area contributed by atoms with Crippen LogP contribution in [0.25, 0.3) is 0 Å². The van der Waals surface area contributed by atoms with E-state index in [9.17, 15) is 0 Å². The molecule has 6 heteroatoms. The summed E-state index contributed by atoms with van der Waals surface area (Å²) in [6.07, 6.45) is 1.84. The van der Waals surface area contributed by atoms with Crippen LogP contribution in [-0.4, -0.2) is 14.8 Å². The van der Waals surface area contributed by atoms with Gasteiger partial charge in [0.15, 0.2) is 5.82 Å². The molecular formula is C11H11ClN4S. The van der Waals surface area contributed by atoms with Gasteiger partial charge < -0.3 is 11.1 Å². The van der Waals surface area contributed by atoms with Crippen LogP contribution in [0.4, 0.5) is 11.5 Å². The molecule has 3 N–H and O–H groups in total. The zero-order chi connectivity index (χ0) is 12.4. The van der Waals surface area contributed by atoms with Crippen LogP contribution < -0.4 is 11.1 Å². The Labute approximate surface area is 109 Å². The molecule has 0 atom stereocenters. The molecule has 0 radical (unpaired) electrons. The van der Waals surface area contributed by atoms with Crippen molar-refractivity contribution in [3.63, 3.8) is 0 Å². The predicted molar refractivity (Wildman–Crippen MR) is 73.8 cm³/mol. The highest BCUT2D eigenvalue weighted by atomic mass is 35.5. The highest BCUT2D eigenvalue weighted by Gasteiger charge is 2.07. The molecule has 0 aliphatic rings. The van der Waals surface area contributed by atoms with Crippen LogP contribution in [0.3, 0.4) is 0 Å². The third kappa shape index (κ3) is 2.75. The van der Waals surface area contributed by atoms with Gasteiger partial charge >= 0.3 is 0 Å². The van der Waals surface area contributed by atoms with Crippen LogP contribution >= 0.6 is 23.8 Å². The van der Waals surface area contributed by atoms with Gasteiger partial charge in [-0.2, -0.15) is 5.10 Å². The molecule has 0 aliphatic carbocycles. The first kappa shape index (κ1) is 11.9. The summed E-state index contributed by atoms with van der Waals surface area (Å²) in [6, 6.07) is 7.16. The lowest BCUT2D eigenvalue weighted by atomic mass is 10.2. The molecule has 2 aromatic rings. The van der Waals surface area contributed by atoms with E-state index in [2.05, 4.69) is 10.4 Å². The number of aromatic nitrogens is 2. The number of aryl methyl sites for hydroxylation is 1. The minimum absolute atomic E-state index is 0.320. The fourth-order valence-corrected chi connectivity index (χ4v) is 1.80. The van der Waals surface area contributed by atoms with E-state index in [4.69, 9.17) is 29.6 Å². The van der Waals surface area contributed by atoms with E-state index >= 15 is 0 Å². The molecule has 0 fully saturated rings. The second-order valence-electron chi connectivity index (χ2n) is 3.55. The standard InChI is InChI=1S/C11H11ClN4S/c1-16-5-4-10(15-16)14-9-6-7(12)2-3-8(9)11(13)17/h2-6H,1H3,(H2,13,17)(H,14,15). The molecule has 0 saturated carbocycles. The number of hydrogen-bond acceptors (Lipinski definition) is 3. The maximum Gasteiger partial charge on any atom is 0.152 e. The smallest absolute Gasteiger partial charge is 0.152 e. The van der Waals surface area contributed by atoms with Crippen LogP contribution in [0.2, 0.25) is 5.02 Å². The normalized spacial score (nSPS) is 10.2. The molecule has 88 valence electrons. The molecule has 0 spiro atoms. The average Bonchev–Trinajstić information content (AvgIpc) is 2.63. The van der Waals surface area contributed by atoms with Gasteiger partial charge in [-0.1, -0.05) is 23.8 Å². The van der Waals surface area contributed by atoms with Crippen molar-refractivity contribution in [1.29, 1.82) is 0 Å². The number of thiocarbonyl (C=S) groups is 1. The van der Waals surface area contributed by atoms with Crippen molar-refractivity contribution in [1.82, 2.24) is 9.78 Å². The van der Waals surface area contributed by atoms with Crippen LogP contribution in [0.5, 0.6) is 0 Å². The van der Waals surface area contributed by atoms with Gasteiger partial charge in [-0.15, -0.1) is 0 Å². The zero-order valence-electron chi connectivity index (χ0n) is 9.14. The Morgan fingerprint density at radius 3 is 2.82 bits per heavy atom. The third-order valence-corrected chi connectivity index (χ3v) is 2.68. The molecule has 17 heavy (non-hydrogen) atoms. The number of benzene rings is 1. The van der Waals surface area contributed by atoms with Gasteiger partial charge in [0.2, 0.25) is 0 Å². The fourth-order valence-electron chi connectivity index (χ4n) is 1.45. The van der Waals surface area contributed by atoms with Crippen molar-refractivity contribution < 1.29 is 0 Å². The van der Waals surface area contributed by atoms with Crippen LogP contribution in [0.1, 0.15) is 5.56 Å². The molecule has 4 nitrogen and oxygen atoms in total. The summed E-state index contributed by atoms with van der Waals surface area (Å²) in [6.45, 7) is 0. The van der Waals surface area contributed by atoms with Gasteiger partial charge in [-0.3, -0.25) is 4.68 Å². The van der Waals surface area contributed by atoms with E-state index in [0.29, 0.717) is 15.8 Å². The number of nitrogens with two attached hydrogens (primary N) is 1. The van der Waals surface area contributed by atoms with Gasteiger partial charge in [-0.25, -0.2) is 0 Å². The van der Waals surface area contributed by atoms with Gasteiger partial charge in [0.25, 0.3) is 0 Å². The zero-order valence-corrected chi connectivity index (χ0v) is 10.7. The largest absolute Gasteiger partial charge is 0.389 e. The predicted octanol–water partition coefficient (Wildman–Crippen LogP) is 2.45. The lowest BCUT2D eigenvalue weighted by Crippen LogP contribution is -2.12. The quantitative estimate of drug-likeness (QED) is 0.838. The molecule has 0 amide bonds. The topological polar surface area (TPSA) is 55.9 Å². The van der Waals surface area contributed by atoms with Gasteiger partial charge in [0.05, 0.1) is 5.69 Å². The summed E-state index contributed by atoms with van der Waals surface area (Å²) >= 11 is 10.9. The Bertz CT molecular complexity index is 564. The SMILES string of the molecule is Cn1ccc(Nc2cc(Cl)ccc2C(N)=S)n1. The van der Waals surface area contributed by atoms with E-state index < -0.39 is 0 Å². The highest BCUT2D eigenvalue weighted by Crippen LogP contribution is 2.23. The maximum atomic E-state index is 5.94. The van der Waals surface area contributed by atoms with Crippen molar-refractivity contribution in [3.8, 4) is 0 Å². The monoisotopic (exact) mass is 266 g/mol. The Kier molecular flexibility index (Phi) is 3.31. The minimum atomic E-state index is 0.320. The Hall–Kier alpha value is -1.59. The minimum Gasteiger partial charge on any atom is -0.389 e. The second kappa shape index (κ2) is 4.73. The summed E-state index contributed by atoms with van der Waals surface area (Å²) in [5.41, 5.74) is 7.15. The van der Waals surface area contributed by atoms with Crippen LogP contribution in [0.15, 0.2) is 30.5 Å². The summed E-state index contributed by atoms with van der Waals surface area (Å²) in [5.74, 6) is 0.715. The first-order chi connectivity index (χ1) is 8.06. The molecule has 0 unspecified atom stereocenters. The van der Waals surface area contributed by atoms with Crippen molar-refractivity contribution in [2.24, 2.45) is 12.8 Å². The Morgan fingerprint density at radius 1 is 1.47 bits per heavy atom. The Balaban J connectivity index is 2.37. The molecule has 1 heterocycles. The molecule has 1 aromatic heterocycles. The summed E-state index contributed by atoms with van der Waals surface area (Å²) in [4.78, 5) is 0.320. The molecular weight excluding hydrogens is 256 g/mol. The number of hydrogen-bond donors (Lipinski definition) is 2. The maximum absolute atomic E-state index is 5.94. The number of nitrogens with zero attached hydrogens (tertiary/aromatic N) is 2. The molecule has 2 rings (SSSR count). The van der Waals surface area contributed by atoms with E-state index in [-0.39, 0.29) is 0 Å². The van der Waals surface area contributed by atoms with Crippen LogP contribution in [-0.2, 0) is 7.05 Å². The number of nitrogens with one attached hydrogen (secondary N) is 1. The summed E-state index contributed by atoms with van der Waals surface area (Å²) in [7, 11) is 1.84. The first-order valence-electron chi connectivity index (χ1n) is 4.92. The fraction of sp³-hybridized carbons (Fsp3) is 0.0909. The summed E-state index contributed by atoms with van der Waals surface area (Å²) in [5, 5.41) is 7.96. The van der Waals surface area contributed by atoms with Crippen molar-refractivity contribution in [3.05, 3.63) is 41.0 Å². The number of rotatable bonds is 3. The Morgan fingerprint density at radius 2 is 2.24 bits per heavy atom. The number of anilines is 2. The lowest BCUT2D eigenvalue weighted by molar-refractivity contribution is 0.771. The van der Waals surface area contributed by atoms with Gasteiger partial charge in [0.1, 0.15) is 4.99 Å². The molecule has 0 saturated heterocycles. The van der Waals surface area contributed by atoms with E-state index in [1.807, 2.05) is 19.3 Å². The van der Waals surface area contributed by atoms with E-state index in [1.165, 1.54) is 0 Å². The van der Waals surface area contributed by atoms with Crippen LogP contribution in [0, 0.1) is 0 Å². The first-order valence-corrected chi connectivity index (χ1v) is 5.71. The third-order valence-electron chi connectivity index (χ3n) is 2.22. The van der Waals surface area contributed by atoms with Crippen molar-refractivity contribution in [2.45, 2.75) is 0 Å².